The molecule has 0 aliphatic carbocycles. The predicted octanol–water partition coefficient (Wildman–Crippen LogP) is 16.1. The zero-order chi connectivity index (χ0) is 50.9. The van der Waals surface area contributed by atoms with Crippen molar-refractivity contribution >= 4 is 17.1 Å². The van der Waals surface area contributed by atoms with Gasteiger partial charge < -0.3 is 9.64 Å². The number of nitrogens with zero attached hydrogens (tertiary/aromatic N) is 3. The quantitative estimate of drug-likeness (QED) is 0.161. The van der Waals surface area contributed by atoms with Gasteiger partial charge in [0.1, 0.15) is 17.5 Å². The Labute approximate surface area is 401 Å². The van der Waals surface area contributed by atoms with Crippen LogP contribution in [0.5, 0.6) is 5.75 Å². The highest BCUT2D eigenvalue weighted by atomic mass is 16.5. The molecule has 0 N–H and O–H groups in total. The molecule has 66 heavy (non-hydrogen) atoms. The third-order valence-electron chi connectivity index (χ3n) is 14.6. The second-order valence-corrected chi connectivity index (χ2v) is 22.7. The van der Waals surface area contributed by atoms with Gasteiger partial charge in [0, 0.05) is 46.9 Å². The predicted molar refractivity (Wildman–Crippen MR) is 275 cm³/mol. The third kappa shape index (κ3) is 6.12. The van der Waals surface area contributed by atoms with Crippen molar-refractivity contribution in [1.82, 2.24) is 0 Å². The summed E-state index contributed by atoms with van der Waals surface area (Å²) in [5.74, 6) is -2.28. The Hall–Kier alpha value is -6.13. The SMILES string of the molecule is [2H]C([2H])([2H])c1cc(-c2cc(C([2H])(C)C)cc(C([2H])(C)C)c2)ccc1N1c2cccc3c2N2C1c1cc(C(C)(C)C)cc(C(C)(C)C)c1OC21c2c-3cc(C(C)(C)C)cc2-c2cc(-c3ccccc3)cc[n+]21. The summed E-state index contributed by atoms with van der Waals surface area (Å²) in [4.78, 5) is 4.76. The van der Waals surface area contributed by atoms with E-state index >= 15 is 0 Å². The normalized spacial score (nSPS) is 19.4. The number of fused-ring (bicyclic) bond motifs is 5. The second kappa shape index (κ2) is 14.2. The van der Waals surface area contributed by atoms with Crippen molar-refractivity contribution in [2.45, 2.75) is 137 Å². The number of ether oxygens (including phenoxy) is 1. The van der Waals surface area contributed by atoms with E-state index < -0.39 is 30.7 Å². The Kier molecular flexibility index (Phi) is 7.96. The van der Waals surface area contributed by atoms with E-state index in [-0.39, 0.29) is 21.8 Å². The van der Waals surface area contributed by atoms with Crippen LogP contribution in [0, 0.1) is 6.85 Å². The van der Waals surface area contributed by atoms with Crippen LogP contribution in [0.25, 0.3) is 44.6 Å². The maximum absolute atomic E-state index is 9.37. The minimum atomic E-state index is -2.53. The maximum Gasteiger partial charge on any atom is 0.432 e. The lowest BCUT2D eigenvalue weighted by Crippen LogP contribution is -2.71. The number of benzene rings is 6. The molecule has 6 aromatic carbocycles. The van der Waals surface area contributed by atoms with E-state index in [0.29, 0.717) is 5.69 Å². The lowest BCUT2D eigenvalue weighted by Gasteiger charge is -2.49. The number of hydrogen-bond acceptors (Lipinski definition) is 3. The van der Waals surface area contributed by atoms with Crippen LogP contribution in [0.3, 0.4) is 0 Å². The fourth-order valence-electron chi connectivity index (χ4n) is 10.9. The summed E-state index contributed by atoms with van der Waals surface area (Å²) >= 11 is 0. The smallest absolute Gasteiger partial charge is 0.410 e. The van der Waals surface area contributed by atoms with Crippen LogP contribution in [0.1, 0.15) is 159 Å². The molecule has 0 fully saturated rings. The first kappa shape index (κ1) is 37.0. The maximum atomic E-state index is 9.37. The van der Waals surface area contributed by atoms with Crippen molar-refractivity contribution < 1.29 is 16.2 Å². The fourth-order valence-corrected chi connectivity index (χ4v) is 10.9. The van der Waals surface area contributed by atoms with Gasteiger partial charge in [-0.25, -0.2) is 4.90 Å². The standard InChI is InChI=1S/C62H66N3O/c1-36(2)42-28-43(37(3)4)30-44(29-42)40-23-24-52(38(5)27-40)64-53-22-18-21-47-48-32-45(59(6,7)8)33-49-54-31-41(39-19-16-15-17-20-39)25-26-63(54)62(55(48)49)65(56(47)53)58(64)50-34-46(60(9,10)11)35-51(57(50)66-62)61(12,13)14/h15-37,58H,1-14H3/q+1/i5D3,36D,37D. The molecule has 2 atom stereocenters. The van der Waals surface area contributed by atoms with E-state index in [2.05, 4.69) is 168 Å². The minimum absolute atomic E-state index is 0.181. The van der Waals surface area contributed by atoms with Gasteiger partial charge >= 0.3 is 5.85 Å². The van der Waals surface area contributed by atoms with Gasteiger partial charge in [-0.3, -0.25) is 0 Å². The van der Waals surface area contributed by atoms with Gasteiger partial charge in [-0.15, -0.1) is 4.57 Å². The molecule has 1 aromatic heterocycles. The first-order chi connectivity index (χ1) is 33.0. The number of aryl methyl sites for hydroxylation is 1. The Bertz CT molecular complexity index is 3340. The summed E-state index contributed by atoms with van der Waals surface area (Å²) < 4.78 is 56.6. The summed E-state index contributed by atoms with van der Waals surface area (Å²) in [5, 5.41) is 0. The summed E-state index contributed by atoms with van der Waals surface area (Å²) in [7, 11) is 0. The molecule has 7 aromatic rings. The molecular weight excluding hydrogens is 803 g/mol. The fraction of sp³-hybridized carbons (Fsp3) is 0.339. The first-order valence-corrected chi connectivity index (χ1v) is 23.7. The van der Waals surface area contributed by atoms with E-state index in [1.54, 1.807) is 0 Å². The highest BCUT2D eigenvalue weighted by molar-refractivity contribution is 6.02. The molecule has 0 radical (unpaired) electrons. The number of rotatable bonds is 5. The second-order valence-electron chi connectivity index (χ2n) is 22.7. The molecule has 0 saturated carbocycles. The molecule has 0 amide bonds. The van der Waals surface area contributed by atoms with Crippen molar-refractivity contribution in [2.24, 2.45) is 0 Å². The number of pyridine rings is 1. The number of para-hydroxylation sites is 1. The van der Waals surface area contributed by atoms with E-state index in [4.69, 9.17) is 7.48 Å². The summed E-state index contributed by atoms with van der Waals surface area (Å²) in [6, 6.07) is 42.8. The van der Waals surface area contributed by atoms with Gasteiger partial charge in [0.15, 0.2) is 6.20 Å². The van der Waals surface area contributed by atoms with Gasteiger partial charge in [0.05, 0.1) is 16.9 Å². The lowest BCUT2D eigenvalue weighted by atomic mass is 9.77. The van der Waals surface area contributed by atoms with Gasteiger partial charge in [-0.1, -0.05) is 163 Å². The van der Waals surface area contributed by atoms with Crippen LogP contribution in [0.4, 0.5) is 17.1 Å². The Morgan fingerprint density at radius 1 is 0.606 bits per heavy atom. The molecule has 5 heterocycles. The monoisotopic (exact) mass is 874 g/mol. The molecule has 4 nitrogen and oxygen atoms in total. The Balaban J connectivity index is 1.26. The average Bonchev–Trinajstić information content (AvgIpc) is 3.78. The van der Waals surface area contributed by atoms with Crippen LogP contribution in [-0.4, -0.2) is 0 Å². The zero-order valence-electron chi connectivity index (χ0n) is 46.0. The Morgan fingerprint density at radius 3 is 1.92 bits per heavy atom. The molecule has 334 valence electrons. The molecule has 0 bridgehead atoms. The van der Waals surface area contributed by atoms with E-state index in [1.165, 1.54) is 11.1 Å². The molecule has 0 saturated heterocycles. The molecule has 1 spiro atoms. The summed E-state index contributed by atoms with van der Waals surface area (Å²) in [6.07, 6.45) is 1.65. The number of aromatic nitrogens is 1. The van der Waals surface area contributed by atoms with Gasteiger partial charge in [-0.05, 0) is 121 Å². The zero-order valence-corrected chi connectivity index (χ0v) is 41.0. The van der Waals surface area contributed by atoms with Crippen molar-refractivity contribution in [1.29, 1.82) is 0 Å². The van der Waals surface area contributed by atoms with E-state index in [9.17, 15) is 4.11 Å². The number of hydrogen-bond donors (Lipinski definition) is 0. The van der Waals surface area contributed by atoms with Crippen LogP contribution in [0.15, 0.2) is 128 Å². The van der Waals surface area contributed by atoms with E-state index in [1.807, 2.05) is 64.1 Å². The highest BCUT2D eigenvalue weighted by Crippen LogP contribution is 2.68. The van der Waals surface area contributed by atoms with Gasteiger partial charge in [0.25, 0.3) is 0 Å². The van der Waals surface area contributed by atoms with Crippen LogP contribution in [-0.2, 0) is 22.1 Å². The number of anilines is 3. The Morgan fingerprint density at radius 2 is 1.27 bits per heavy atom. The van der Waals surface area contributed by atoms with Crippen molar-refractivity contribution in [3.05, 3.63) is 172 Å². The van der Waals surface area contributed by atoms with Crippen LogP contribution >= 0.6 is 0 Å². The highest BCUT2D eigenvalue weighted by Gasteiger charge is 2.70. The van der Waals surface area contributed by atoms with Crippen molar-refractivity contribution in [3.63, 3.8) is 0 Å². The molecular formula is C62H66N3O+. The topological polar surface area (TPSA) is 19.6 Å². The summed E-state index contributed by atoms with van der Waals surface area (Å²) in [5.41, 5.74) is 17.1. The molecule has 4 aliphatic heterocycles. The van der Waals surface area contributed by atoms with Crippen LogP contribution < -0.4 is 19.1 Å². The third-order valence-corrected chi connectivity index (χ3v) is 14.6. The molecule has 11 rings (SSSR count). The molecule has 4 heteroatoms. The van der Waals surface area contributed by atoms with Gasteiger partial charge in [0.2, 0.25) is 5.69 Å². The lowest BCUT2D eigenvalue weighted by molar-refractivity contribution is -0.774. The minimum Gasteiger partial charge on any atom is -0.410 e. The summed E-state index contributed by atoms with van der Waals surface area (Å²) in [6.45, 7) is 25.2. The van der Waals surface area contributed by atoms with Crippen molar-refractivity contribution in [3.8, 4) is 50.4 Å². The molecule has 4 aliphatic rings. The average molecular weight is 874 g/mol. The van der Waals surface area contributed by atoms with E-state index in [0.717, 1.165) is 89.6 Å². The van der Waals surface area contributed by atoms with Crippen molar-refractivity contribution in [2.75, 3.05) is 9.80 Å². The van der Waals surface area contributed by atoms with Crippen LogP contribution in [0.2, 0.25) is 0 Å². The molecule has 2 unspecified atom stereocenters. The van der Waals surface area contributed by atoms with Gasteiger partial charge in [-0.2, -0.15) is 0 Å². The largest absolute Gasteiger partial charge is 0.432 e. The first-order valence-electron chi connectivity index (χ1n) is 26.2.